The van der Waals surface area contributed by atoms with Crippen LogP contribution in [0.5, 0.6) is 0 Å². The third-order valence-electron chi connectivity index (χ3n) is 4.63. The summed E-state index contributed by atoms with van der Waals surface area (Å²) in [6.07, 6.45) is -0.739. The molecule has 4 rings (SSSR count). The molecule has 0 radical (unpaired) electrons. The monoisotopic (exact) mass is 403 g/mol. The van der Waals surface area contributed by atoms with Crippen molar-refractivity contribution in [2.75, 3.05) is 6.54 Å². The third-order valence-corrected chi connectivity index (χ3v) is 5.56. The largest absolute Gasteiger partial charge is 0.387 e. The number of carbonyl (C=O) groups is 1. The Kier molecular flexibility index (Phi) is 5.93. The molecule has 1 heterocycles. The fraction of sp³-hybridized carbons (Fsp3) is 0.130. The van der Waals surface area contributed by atoms with Gasteiger partial charge in [-0.25, -0.2) is 4.98 Å². The molecule has 0 fully saturated rings. The summed E-state index contributed by atoms with van der Waals surface area (Å²) in [5.41, 5.74) is 4.23. The molecule has 0 bridgehead atoms. The van der Waals surface area contributed by atoms with Gasteiger partial charge >= 0.3 is 0 Å². The summed E-state index contributed by atoms with van der Waals surface area (Å²) in [6.45, 7) is 0.161. The van der Waals surface area contributed by atoms with E-state index in [1.165, 1.54) is 0 Å². The highest BCUT2D eigenvalue weighted by atomic mass is 32.2. The maximum atomic E-state index is 12.7. The Balaban J connectivity index is 1.41. The van der Waals surface area contributed by atoms with Crippen LogP contribution < -0.4 is 5.32 Å². The number of hydrogen-bond acceptors (Lipinski definition) is 4. The van der Waals surface area contributed by atoms with Crippen molar-refractivity contribution in [3.05, 3.63) is 95.6 Å². The molecule has 0 aliphatic carbocycles. The van der Waals surface area contributed by atoms with Crippen molar-refractivity contribution in [3.8, 4) is 0 Å². The van der Waals surface area contributed by atoms with Gasteiger partial charge in [-0.15, -0.1) is 0 Å². The molecule has 5 nitrogen and oxygen atoms in total. The Bertz CT molecular complexity index is 1080. The number of imidazole rings is 1. The number of aromatic amines is 1. The van der Waals surface area contributed by atoms with Crippen LogP contribution in [-0.4, -0.2) is 27.5 Å². The number of H-pyrrole nitrogens is 1. The summed E-state index contributed by atoms with van der Waals surface area (Å²) in [7, 11) is 0. The van der Waals surface area contributed by atoms with Crippen molar-refractivity contribution in [2.45, 2.75) is 17.0 Å². The van der Waals surface area contributed by atoms with Gasteiger partial charge in [-0.3, -0.25) is 4.79 Å². The molecule has 146 valence electrons. The van der Waals surface area contributed by atoms with Crippen molar-refractivity contribution in [1.29, 1.82) is 0 Å². The minimum Gasteiger partial charge on any atom is -0.387 e. The first kappa shape index (κ1) is 19.2. The lowest BCUT2D eigenvalue weighted by Crippen LogP contribution is -2.29. The lowest BCUT2D eigenvalue weighted by atomic mass is 10.1. The SMILES string of the molecule is O=C(NCC(O)c1ccccc1)c1ccccc1CSc1nc2ccccc2[nH]1. The van der Waals surface area contributed by atoms with Crippen molar-refractivity contribution in [2.24, 2.45) is 0 Å². The Morgan fingerprint density at radius 2 is 1.72 bits per heavy atom. The van der Waals surface area contributed by atoms with Gasteiger partial charge in [-0.05, 0) is 29.3 Å². The van der Waals surface area contributed by atoms with E-state index in [1.54, 1.807) is 17.8 Å². The number of aliphatic hydroxyl groups is 1. The minimum absolute atomic E-state index is 0.161. The highest BCUT2D eigenvalue weighted by molar-refractivity contribution is 7.98. The number of thioether (sulfide) groups is 1. The van der Waals surface area contributed by atoms with E-state index in [2.05, 4.69) is 15.3 Å². The summed E-state index contributed by atoms with van der Waals surface area (Å²) in [5, 5.41) is 13.9. The van der Waals surface area contributed by atoms with Gasteiger partial charge in [0.1, 0.15) is 0 Å². The molecule has 6 heteroatoms. The van der Waals surface area contributed by atoms with Gasteiger partial charge in [-0.2, -0.15) is 0 Å². The molecular weight excluding hydrogens is 382 g/mol. The van der Waals surface area contributed by atoms with Crippen LogP contribution in [0.1, 0.15) is 27.6 Å². The van der Waals surface area contributed by atoms with Gasteiger partial charge in [-0.1, -0.05) is 72.4 Å². The van der Waals surface area contributed by atoms with Gasteiger partial charge in [0, 0.05) is 17.9 Å². The highest BCUT2D eigenvalue weighted by Crippen LogP contribution is 2.24. The standard InChI is InChI=1S/C23H21N3O2S/c27-21(16-8-2-1-3-9-16)14-24-22(28)18-11-5-4-10-17(18)15-29-23-25-19-12-6-7-13-20(19)26-23/h1-13,21,27H,14-15H2,(H,24,28)(H,25,26). The second kappa shape index (κ2) is 8.94. The zero-order valence-corrected chi connectivity index (χ0v) is 16.5. The second-order valence-electron chi connectivity index (χ2n) is 6.64. The number of carbonyl (C=O) groups excluding carboxylic acids is 1. The molecule has 0 spiro atoms. The van der Waals surface area contributed by atoms with E-state index in [0.717, 1.165) is 27.3 Å². The Hall–Kier alpha value is -3.09. The zero-order valence-electron chi connectivity index (χ0n) is 15.7. The zero-order chi connectivity index (χ0) is 20.1. The number of para-hydroxylation sites is 2. The first-order chi connectivity index (χ1) is 14.2. The molecule has 0 saturated carbocycles. The fourth-order valence-electron chi connectivity index (χ4n) is 3.09. The minimum atomic E-state index is -0.739. The first-order valence-corrected chi connectivity index (χ1v) is 10.4. The average molecular weight is 404 g/mol. The van der Waals surface area contributed by atoms with Gasteiger partial charge in [0.2, 0.25) is 0 Å². The second-order valence-corrected chi connectivity index (χ2v) is 7.61. The molecule has 29 heavy (non-hydrogen) atoms. The number of nitrogens with zero attached hydrogens (tertiary/aromatic N) is 1. The molecule has 3 aromatic carbocycles. The van der Waals surface area contributed by atoms with Crippen LogP contribution >= 0.6 is 11.8 Å². The topological polar surface area (TPSA) is 78.0 Å². The molecule has 3 N–H and O–H groups in total. The number of aliphatic hydroxyl groups excluding tert-OH is 1. The van der Waals surface area contributed by atoms with E-state index in [4.69, 9.17) is 0 Å². The summed E-state index contributed by atoms with van der Waals surface area (Å²) in [6, 6.07) is 24.7. The predicted molar refractivity (Wildman–Crippen MR) is 116 cm³/mol. The van der Waals surface area contributed by atoms with E-state index in [0.29, 0.717) is 11.3 Å². The Morgan fingerprint density at radius 3 is 2.55 bits per heavy atom. The van der Waals surface area contributed by atoms with Crippen LogP contribution in [0.15, 0.2) is 84.0 Å². The van der Waals surface area contributed by atoms with Crippen LogP contribution in [0.2, 0.25) is 0 Å². The van der Waals surface area contributed by atoms with Gasteiger partial charge in [0.05, 0.1) is 17.1 Å². The van der Waals surface area contributed by atoms with E-state index in [-0.39, 0.29) is 12.5 Å². The quantitative estimate of drug-likeness (QED) is 0.402. The fourth-order valence-corrected chi connectivity index (χ4v) is 3.98. The maximum absolute atomic E-state index is 12.7. The van der Waals surface area contributed by atoms with Crippen molar-refractivity contribution in [3.63, 3.8) is 0 Å². The number of fused-ring (bicyclic) bond motifs is 1. The van der Waals surface area contributed by atoms with E-state index in [1.807, 2.05) is 72.8 Å². The number of nitrogens with one attached hydrogen (secondary N) is 2. The average Bonchev–Trinajstić information content (AvgIpc) is 3.19. The van der Waals surface area contributed by atoms with Crippen LogP contribution in [0.4, 0.5) is 0 Å². The van der Waals surface area contributed by atoms with Gasteiger partial charge < -0.3 is 15.4 Å². The summed E-state index contributed by atoms with van der Waals surface area (Å²) in [5.74, 6) is 0.422. The summed E-state index contributed by atoms with van der Waals surface area (Å²) < 4.78 is 0. The molecule has 1 amide bonds. The maximum Gasteiger partial charge on any atom is 0.251 e. The number of hydrogen-bond donors (Lipinski definition) is 3. The number of rotatable bonds is 7. The van der Waals surface area contributed by atoms with Gasteiger partial charge in [0.25, 0.3) is 5.91 Å². The molecule has 0 saturated heterocycles. The normalized spacial score (nSPS) is 12.0. The molecular formula is C23H21N3O2S. The number of amides is 1. The number of aromatic nitrogens is 2. The third kappa shape index (κ3) is 4.67. The van der Waals surface area contributed by atoms with Crippen molar-refractivity contribution >= 4 is 28.7 Å². The summed E-state index contributed by atoms with van der Waals surface area (Å²) >= 11 is 1.56. The molecule has 1 atom stereocenters. The first-order valence-electron chi connectivity index (χ1n) is 9.37. The van der Waals surface area contributed by atoms with Crippen LogP contribution in [0.3, 0.4) is 0 Å². The van der Waals surface area contributed by atoms with Crippen LogP contribution in [-0.2, 0) is 5.75 Å². The summed E-state index contributed by atoms with van der Waals surface area (Å²) in [4.78, 5) is 20.6. The van der Waals surface area contributed by atoms with Crippen molar-refractivity contribution in [1.82, 2.24) is 15.3 Å². The molecule has 4 aromatic rings. The van der Waals surface area contributed by atoms with Crippen LogP contribution in [0.25, 0.3) is 11.0 Å². The van der Waals surface area contributed by atoms with E-state index < -0.39 is 6.10 Å². The molecule has 1 unspecified atom stereocenters. The number of benzene rings is 3. The Morgan fingerprint density at radius 1 is 1.00 bits per heavy atom. The Labute approximate surface area is 173 Å². The van der Waals surface area contributed by atoms with Crippen molar-refractivity contribution < 1.29 is 9.90 Å². The molecule has 0 aliphatic heterocycles. The molecule has 0 aliphatic rings. The van der Waals surface area contributed by atoms with Crippen LogP contribution in [0, 0.1) is 0 Å². The smallest absolute Gasteiger partial charge is 0.251 e. The highest BCUT2D eigenvalue weighted by Gasteiger charge is 2.14. The molecule has 1 aromatic heterocycles. The van der Waals surface area contributed by atoms with E-state index in [9.17, 15) is 9.90 Å². The lowest BCUT2D eigenvalue weighted by Gasteiger charge is -2.13. The lowest BCUT2D eigenvalue weighted by molar-refractivity contribution is 0.0915. The van der Waals surface area contributed by atoms with Gasteiger partial charge in [0.15, 0.2) is 5.16 Å². The predicted octanol–water partition coefficient (Wildman–Crippen LogP) is 4.32. The van der Waals surface area contributed by atoms with E-state index >= 15 is 0 Å².